The van der Waals surface area contributed by atoms with Crippen molar-refractivity contribution >= 4 is 34.4 Å². The number of benzene rings is 2. The van der Waals surface area contributed by atoms with Gasteiger partial charge in [-0.05, 0) is 24.1 Å². The molecule has 4 aromatic rings. The van der Waals surface area contributed by atoms with Crippen molar-refractivity contribution in [2.75, 3.05) is 11.1 Å². The Morgan fingerprint density at radius 2 is 1.67 bits per heavy atom. The van der Waals surface area contributed by atoms with Gasteiger partial charge in [0.2, 0.25) is 5.91 Å². The minimum atomic E-state index is -0.495. The molecule has 33 heavy (non-hydrogen) atoms. The van der Waals surface area contributed by atoms with Crippen molar-refractivity contribution in [3.63, 3.8) is 0 Å². The van der Waals surface area contributed by atoms with E-state index in [0.717, 1.165) is 28.3 Å². The first-order chi connectivity index (χ1) is 15.9. The van der Waals surface area contributed by atoms with Crippen LogP contribution in [0.4, 0.5) is 5.69 Å². The molecule has 2 aromatic heterocycles. The number of carbonyl (C=O) groups excluding carboxylic acids is 1. The summed E-state index contributed by atoms with van der Waals surface area (Å²) in [5.41, 5.74) is 1.89. The van der Waals surface area contributed by atoms with Crippen LogP contribution < -0.4 is 16.6 Å². The van der Waals surface area contributed by atoms with Gasteiger partial charge in [-0.3, -0.25) is 18.7 Å². The maximum Gasteiger partial charge on any atom is 0.332 e. The van der Waals surface area contributed by atoms with E-state index >= 15 is 0 Å². The normalized spacial score (nSPS) is 11.0. The molecule has 9 heteroatoms. The van der Waals surface area contributed by atoms with Gasteiger partial charge in [0.15, 0.2) is 11.5 Å². The molecule has 4 rings (SSSR count). The van der Waals surface area contributed by atoms with E-state index in [2.05, 4.69) is 22.2 Å². The lowest BCUT2D eigenvalue weighted by Crippen LogP contribution is -2.37. The average molecular weight is 462 g/mol. The Hall–Kier alpha value is -3.72. The van der Waals surface area contributed by atoms with Gasteiger partial charge in [-0.25, -0.2) is 14.8 Å². The molecule has 168 valence electrons. The maximum absolute atomic E-state index is 12.9. The summed E-state index contributed by atoms with van der Waals surface area (Å²) >= 11 is 1.14. The number of fused-ring (bicyclic) bond motifs is 1. The largest absolute Gasteiger partial charge is 0.332 e. The van der Waals surface area contributed by atoms with Crippen LogP contribution in [0.5, 0.6) is 0 Å². The van der Waals surface area contributed by atoms with Crippen LogP contribution in [0.15, 0.2) is 69.2 Å². The lowest BCUT2D eigenvalue weighted by Gasteiger charge is -2.12. The number of aromatic nitrogens is 4. The van der Waals surface area contributed by atoms with Crippen LogP contribution in [0, 0.1) is 0 Å². The molecule has 0 aliphatic rings. The van der Waals surface area contributed by atoms with E-state index in [1.54, 1.807) is 7.05 Å². The highest BCUT2D eigenvalue weighted by Crippen LogP contribution is 2.26. The fraction of sp³-hybridized carbons (Fsp3) is 0.208. The molecule has 0 spiro atoms. The molecule has 1 amide bonds. The molecule has 0 saturated carbocycles. The van der Waals surface area contributed by atoms with E-state index in [-0.39, 0.29) is 22.7 Å². The first kappa shape index (κ1) is 22.5. The fourth-order valence-corrected chi connectivity index (χ4v) is 4.22. The minimum Gasteiger partial charge on any atom is -0.325 e. The zero-order chi connectivity index (χ0) is 23.5. The third-order valence-corrected chi connectivity index (χ3v) is 6.26. The quantitative estimate of drug-likeness (QED) is 0.350. The number of aryl methyl sites for hydroxylation is 2. The average Bonchev–Trinajstić information content (AvgIpc) is 2.85. The van der Waals surface area contributed by atoms with Gasteiger partial charge in [0.05, 0.1) is 5.75 Å². The Kier molecular flexibility index (Phi) is 6.41. The Balaban J connectivity index is 1.71. The second-order valence-corrected chi connectivity index (χ2v) is 8.47. The van der Waals surface area contributed by atoms with Crippen LogP contribution in [0.3, 0.4) is 0 Å². The van der Waals surface area contributed by atoms with Crippen molar-refractivity contribution < 1.29 is 4.79 Å². The Labute approximate surface area is 194 Å². The standard InChI is InChI=1S/C24H23N5O3S/c1-4-15-10-12-17(13-11-15)25-18(30)14-33-22-19-21(28(2)24(32)29(3)23(19)31)26-20(27-22)16-8-6-5-7-9-16/h5-13H,4,14H2,1-3H3,(H,25,30). The molecule has 8 nitrogen and oxygen atoms in total. The lowest BCUT2D eigenvalue weighted by atomic mass is 10.1. The number of anilines is 1. The first-order valence-electron chi connectivity index (χ1n) is 10.4. The second-order valence-electron chi connectivity index (χ2n) is 7.51. The SMILES string of the molecule is CCc1ccc(NC(=O)CSc2nc(-c3ccccc3)nc3c2c(=O)n(C)c(=O)n3C)cc1. The van der Waals surface area contributed by atoms with Crippen LogP contribution >= 0.6 is 11.8 Å². The smallest absolute Gasteiger partial charge is 0.325 e. The van der Waals surface area contributed by atoms with Gasteiger partial charge in [0.1, 0.15) is 10.4 Å². The van der Waals surface area contributed by atoms with E-state index in [0.29, 0.717) is 16.5 Å². The number of amides is 1. The summed E-state index contributed by atoms with van der Waals surface area (Å²) in [6.07, 6.45) is 0.923. The zero-order valence-corrected chi connectivity index (χ0v) is 19.3. The number of rotatable bonds is 6. The van der Waals surface area contributed by atoms with E-state index in [4.69, 9.17) is 0 Å². The van der Waals surface area contributed by atoms with Gasteiger partial charge in [-0.15, -0.1) is 0 Å². The van der Waals surface area contributed by atoms with Gasteiger partial charge < -0.3 is 5.32 Å². The molecule has 0 fully saturated rings. The van der Waals surface area contributed by atoms with E-state index in [1.807, 2.05) is 54.6 Å². The van der Waals surface area contributed by atoms with E-state index in [1.165, 1.54) is 17.2 Å². The van der Waals surface area contributed by atoms with Crippen LogP contribution in [-0.2, 0) is 25.3 Å². The van der Waals surface area contributed by atoms with Crippen LogP contribution in [0.25, 0.3) is 22.4 Å². The highest BCUT2D eigenvalue weighted by molar-refractivity contribution is 8.00. The predicted molar refractivity (Wildman–Crippen MR) is 131 cm³/mol. The molecule has 0 atom stereocenters. The maximum atomic E-state index is 12.9. The zero-order valence-electron chi connectivity index (χ0n) is 18.5. The summed E-state index contributed by atoms with van der Waals surface area (Å²) in [6.45, 7) is 2.07. The van der Waals surface area contributed by atoms with Crippen LogP contribution in [-0.4, -0.2) is 30.8 Å². The van der Waals surface area contributed by atoms with Gasteiger partial charge in [-0.1, -0.05) is 61.2 Å². The number of nitrogens with one attached hydrogen (secondary N) is 1. The van der Waals surface area contributed by atoms with Crippen LogP contribution in [0.2, 0.25) is 0 Å². The van der Waals surface area contributed by atoms with Gasteiger partial charge in [0.25, 0.3) is 5.56 Å². The number of hydrogen-bond donors (Lipinski definition) is 1. The Morgan fingerprint density at radius 1 is 0.970 bits per heavy atom. The molecule has 0 aliphatic heterocycles. The molecule has 0 aliphatic carbocycles. The van der Waals surface area contributed by atoms with Gasteiger partial charge >= 0.3 is 5.69 Å². The predicted octanol–water partition coefficient (Wildman–Crippen LogP) is 2.99. The molecule has 1 N–H and O–H groups in total. The molecule has 0 saturated heterocycles. The molecule has 2 aromatic carbocycles. The molecule has 2 heterocycles. The van der Waals surface area contributed by atoms with Gasteiger partial charge in [-0.2, -0.15) is 0 Å². The number of carbonyl (C=O) groups is 1. The monoisotopic (exact) mass is 461 g/mol. The summed E-state index contributed by atoms with van der Waals surface area (Å²) in [7, 11) is 2.98. The highest BCUT2D eigenvalue weighted by atomic mass is 32.2. The lowest BCUT2D eigenvalue weighted by molar-refractivity contribution is -0.113. The first-order valence-corrected chi connectivity index (χ1v) is 11.4. The van der Waals surface area contributed by atoms with Crippen molar-refractivity contribution in [1.29, 1.82) is 0 Å². The third kappa shape index (κ3) is 4.58. The van der Waals surface area contributed by atoms with Crippen molar-refractivity contribution in [2.45, 2.75) is 18.4 Å². The molecule has 0 radical (unpaired) electrons. The highest BCUT2D eigenvalue weighted by Gasteiger charge is 2.19. The van der Waals surface area contributed by atoms with Crippen molar-refractivity contribution in [3.05, 3.63) is 81.0 Å². The fourth-order valence-electron chi connectivity index (χ4n) is 3.40. The molecule has 0 unspecified atom stereocenters. The molecule has 0 bridgehead atoms. The van der Waals surface area contributed by atoms with Crippen molar-refractivity contribution in [2.24, 2.45) is 14.1 Å². The summed E-state index contributed by atoms with van der Waals surface area (Å²) in [5.74, 6) is 0.199. The minimum absolute atomic E-state index is 0.0435. The summed E-state index contributed by atoms with van der Waals surface area (Å²) in [5, 5.41) is 3.43. The van der Waals surface area contributed by atoms with Crippen molar-refractivity contribution in [3.8, 4) is 11.4 Å². The summed E-state index contributed by atoms with van der Waals surface area (Å²) in [6, 6.07) is 17.0. The third-order valence-electron chi connectivity index (χ3n) is 5.28. The number of hydrogen-bond acceptors (Lipinski definition) is 6. The summed E-state index contributed by atoms with van der Waals surface area (Å²) in [4.78, 5) is 47.1. The van der Waals surface area contributed by atoms with E-state index < -0.39 is 11.2 Å². The molecular formula is C24H23N5O3S. The topological polar surface area (TPSA) is 98.9 Å². The van der Waals surface area contributed by atoms with E-state index in [9.17, 15) is 14.4 Å². The number of thioether (sulfide) groups is 1. The number of nitrogens with zero attached hydrogens (tertiary/aromatic N) is 4. The second kappa shape index (κ2) is 9.41. The van der Waals surface area contributed by atoms with Crippen molar-refractivity contribution in [1.82, 2.24) is 19.1 Å². The Bertz CT molecular complexity index is 1440. The molecular weight excluding hydrogens is 438 g/mol. The van der Waals surface area contributed by atoms with Crippen LogP contribution in [0.1, 0.15) is 12.5 Å². The Morgan fingerprint density at radius 3 is 2.33 bits per heavy atom. The van der Waals surface area contributed by atoms with Gasteiger partial charge in [0, 0.05) is 25.3 Å². The summed E-state index contributed by atoms with van der Waals surface area (Å²) < 4.78 is 2.34.